The molecule has 0 aliphatic rings. The van der Waals surface area contributed by atoms with Crippen LogP contribution in [0.3, 0.4) is 0 Å². The molecule has 0 aromatic heterocycles. The number of halogens is 1. The fourth-order valence-corrected chi connectivity index (χ4v) is 1.61. The molecule has 0 atom stereocenters. The Morgan fingerprint density at radius 2 is 2.00 bits per heavy atom. The smallest absolute Gasteiger partial charge is 0.335 e. The van der Waals surface area contributed by atoms with Gasteiger partial charge in [0.2, 0.25) is 0 Å². The summed E-state index contributed by atoms with van der Waals surface area (Å²) in [7, 11) is -5.01. The monoisotopic (exact) mass is 232 g/mol. The third-order valence-electron chi connectivity index (χ3n) is 1.65. The normalized spacial score (nSPS) is 11.0. The number of hydrogen-bond acceptors (Lipinski definition) is 4. The number of carbonyl (C=O) groups is 2. The fraction of sp³-hybridized carbons (Fsp3) is 0. The van der Waals surface area contributed by atoms with Crippen molar-refractivity contribution >= 4 is 22.5 Å². The highest BCUT2D eigenvalue weighted by Crippen LogP contribution is 2.18. The zero-order valence-electron chi connectivity index (χ0n) is 7.18. The van der Waals surface area contributed by atoms with Gasteiger partial charge in [0.15, 0.2) is 6.29 Å². The summed E-state index contributed by atoms with van der Waals surface area (Å²) >= 11 is 0. The zero-order chi connectivity index (χ0) is 11.6. The second kappa shape index (κ2) is 3.77. The minimum Gasteiger partial charge on any atom is -0.478 e. The molecule has 0 radical (unpaired) electrons. The lowest BCUT2D eigenvalue weighted by atomic mass is 10.1. The molecule has 80 valence electrons. The summed E-state index contributed by atoms with van der Waals surface area (Å²) in [6, 6.07) is 2.44. The van der Waals surface area contributed by atoms with E-state index in [0.29, 0.717) is 0 Å². The van der Waals surface area contributed by atoms with E-state index in [1.54, 1.807) is 0 Å². The third kappa shape index (κ3) is 2.38. The van der Waals surface area contributed by atoms with E-state index < -0.39 is 26.7 Å². The van der Waals surface area contributed by atoms with Gasteiger partial charge in [0.1, 0.15) is 4.90 Å². The maximum absolute atomic E-state index is 12.6. The summed E-state index contributed by atoms with van der Waals surface area (Å²) in [6.45, 7) is 0. The predicted molar refractivity (Wildman–Crippen MR) is 47.1 cm³/mol. The van der Waals surface area contributed by atoms with E-state index in [4.69, 9.17) is 5.11 Å². The highest BCUT2D eigenvalue weighted by Gasteiger charge is 2.18. The van der Waals surface area contributed by atoms with Crippen LogP contribution in [-0.4, -0.2) is 25.8 Å². The average Bonchev–Trinajstić information content (AvgIpc) is 2.15. The highest BCUT2D eigenvalue weighted by atomic mass is 32.3. The van der Waals surface area contributed by atoms with E-state index in [0.717, 1.165) is 18.2 Å². The van der Waals surface area contributed by atoms with Gasteiger partial charge < -0.3 is 5.11 Å². The number of benzene rings is 1. The standard InChI is InChI=1S/C8H5FO5S/c9-15(13,14)7-2-1-5(8(11)12)3-6(7)4-10/h1-4H,(H,11,12). The first-order valence-electron chi connectivity index (χ1n) is 3.63. The van der Waals surface area contributed by atoms with Crippen LogP contribution in [0.1, 0.15) is 20.7 Å². The molecule has 0 bridgehead atoms. The maximum Gasteiger partial charge on any atom is 0.335 e. The van der Waals surface area contributed by atoms with E-state index in [1.807, 2.05) is 0 Å². The summed E-state index contributed by atoms with van der Waals surface area (Å²) in [6.07, 6.45) is 0.0822. The molecule has 15 heavy (non-hydrogen) atoms. The van der Waals surface area contributed by atoms with Crippen molar-refractivity contribution in [3.8, 4) is 0 Å². The Morgan fingerprint density at radius 3 is 2.40 bits per heavy atom. The van der Waals surface area contributed by atoms with Crippen molar-refractivity contribution in [2.45, 2.75) is 4.90 Å². The van der Waals surface area contributed by atoms with Gasteiger partial charge >= 0.3 is 16.2 Å². The van der Waals surface area contributed by atoms with E-state index in [2.05, 4.69) is 0 Å². The van der Waals surface area contributed by atoms with Crippen molar-refractivity contribution in [1.82, 2.24) is 0 Å². The van der Waals surface area contributed by atoms with Crippen LogP contribution in [0.25, 0.3) is 0 Å². The number of rotatable bonds is 3. The van der Waals surface area contributed by atoms with Crippen molar-refractivity contribution in [3.05, 3.63) is 29.3 Å². The average molecular weight is 232 g/mol. The van der Waals surface area contributed by atoms with Crippen molar-refractivity contribution < 1.29 is 27.0 Å². The van der Waals surface area contributed by atoms with Crippen LogP contribution < -0.4 is 0 Å². The second-order valence-electron chi connectivity index (χ2n) is 2.61. The van der Waals surface area contributed by atoms with E-state index in [9.17, 15) is 21.9 Å². The molecular formula is C8H5FO5S. The summed E-state index contributed by atoms with van der Waals surface area (Å²) < 4.78 is 33.6. The molecule has 0 saturated carbocycles. The molecule has 0 fully saturated rings. The van der Waals surface area contributed by atoms with Crippen molar-refractivity contribution in [1.29, 1.82) is 0 Å². The number of hydrogen-bond donors (Lipinski definition) is 1. The van der Waals surface area contributed by atoms with Gasteiger partial charge in [-0.3, -0.25) is 4.79 Å². The van der Waals surface area contributed by atoms with E-state index >= 15 is 0 Å². The summed E-state index contributed by atoms with van der Waals surface area (Å²) in [5.74, 6) is -1.33. The molecule has 1 N–H and O–H groups in total. The Balaban J connectivity index is 3.47. The molecule has 0 heterocycles. The molecule has 7 heteroatoms. The lowest BCUT2D eigenvalue weighted by molar-refractivity contribution is 0.0696. The number of carboxylic acids is 1. The minimum atomic E-state index is -5.01. The van der Waals surface area contributed by atoms with Gasteiger partial charge in [-0.2, -0.15) is 8.42 Å². The Labute approximate surface area is 84.4 Å². The molecule has 0 spiro atoms. The van der Waals surface area contributed by atoms with Gasteiger partial charge in [-0.1, -0.05) is 0 Å². The Morgan fingerprint density at radius 1 is 1.40 bits per heavy atom. The largest absolute Gasteiger partial charge is 0.478 e. The Bertz CT molecular complexity index is 520. The van der Waals surface area contributed by atoms with Crippen LogP contribution in [0.5, 0.6) is 0 Å². The minimum absolute atomic E-state index is 0.0822. The first-order valence-corrected chi connectivity index (χ1v) is 5.02. The predicted octanol–water partition coefficient (Wildman–Crippen LogP) is 0.856. The number of aromatic carboxylic acids is 1. The van der Waals surface area contributed by atoms with Crippen LogP contribution in [0.15, 0.2) is 23.1 Å². The fourth-order valence-electron chi connectivity index (χ4n) is 0.996. The SMILES string of the molecule is O=Cc1cc(C(=O)O)ccc1S(=O)(=O)F. The molecule has 0 amide bonds. The molecule has 1 aromatic rings. The van der Waals surface area contributed by atoms with Gasteiger partial charge in [-0.05, 0) is 18.2 Å². The zero-order valence-corrected chi connectivity index (χ0v) is 7.99. The van der Waals surface area contributed by atoms with E-state index in [1.165, 1.54) is 0 Å². The first-order chi connectivity index (χ1) is 6.86. The second-order valence-corrected chi connectivity index (χ2v) is 3.93. The Kier molecular flexibility index (Phi) is 2.85. The van der Waals surface area contributed by atoms with Gasteiger partial charge in [0, 0.05) is 5.56 Å². The summed E-state index contributed by atoms with van der Waals surface area (Å²) in [4.78, 5) is 20.1. The first kappa shape index (κ1) is 11.3. The van der Waals surface area contributed by atoms with Crippen molar-refractivity contribution in [3.63, 3.8) is 0 Å². The molecule has 1 rings (SSSR count). The lowest BCUT2D eigenvalue weighted by Gasteiger charge is -2.00. The maximum atomic E-state index is 12.6. The van der Waals surface area contributed by atoms with Crippen LogP contribution in [0.4, 0.5) is 3.89 Å². The highest BCUT2D eigenvalue weighted by molar-refractivity contribution is 7.86. The van der Waals surface area contributed by atoms with Crippen LogP contribution in [0, 0.1) is 0 Å². The van der Waals surface area contributed by atoms with Crippen LogP contribution >= 0.6 is 0 Å². The quantitative estimate of drug-likeness (QED) is 0.616. The third-order valence-corrected chi connectivity index (χ3v) is 2.54. The Hall–Kier alpha value is -1.76. The van der Waals surface area contributed by atoms with Crippen molar-refractivity contribution in [2.24, 2.45) is 0 Å². The van der Waals surface area contributed by atoms with Gasteiger partial charge in [-0.15, -0.1) is 3.89 Å². The molecular weight excluding hydrogens is 227 g/mol. The summed E-state index contributed by atoms with van der Waals surface area (Å²) in [5.41, 5.74) is -0.804. The molecule has 0 aliphatic heterocycles. The molecule has 0 aliphatic carbocycles. The topological polar surface area (TPSA) is 88.5 Å². The van der Waals surface area contributed by atoms with Crippen molar-refractivity contribution in [2.75, 3.05) is 0 Å². The molecule has 0 unspecified atom stereocenters. The molecule has 0 saturated heterocycles. The van der Waals surface area contributed by atoms with Gasteiger partial charge in [0.05, 0.1) is 5.56 Å². The number of carboxylic acid groups (broad SMARTS) is 1. The van der Waals surface area contributed by atoms with Gasteiger partial charge in [0.25, 0.3) is 0 Å². The van der Waals surface area contributed by atoms with Crippen LogP contribution in [-0.2, 0) is 10.2 Å². The lowest BCUT2D eigenvalue weighted by Crippen LogP contribution is -2.02. The summed E-state index contributed by atoms with van der Waals surface area (Å²) in [5, 5.41) is 8.54. The number of carbonyl (C=O) groups excluding carboxylic acids is 1. The van der Waals surface area contributed by atoms with E-state index in [-0.39, 0.29) is 11.8 Å². The number of aldehydes is 1. The van der Waals surface area contributed by atoms with Crippen LogP contribution in [0.2, 0.25) is 0 Å². The van der Waals surface area contributed by atoms with Gasteiger partial charge in [-0.25, -0.2) is 4.79 Å². The molecule has 1 aromatic carbocycles. The molecule has 5 nitrogen and oxygen atoms in total.